The van der Waals surface area contributed by atoms with Gasteiger partial charge in [0.15, 0.2) is 0 Å². The lowest BCUT2D eigenvalue weighted by Crippen LogP contribution is -2.54. The van der Waals surface area contributed by atoms with E-state index < -0.39 is 54.1 Å². The summed E-state index contributed by atoms with van der Waals surface area (Å²) in [4.78, 5) is 59.9. The van der Waals surface area contributed by atoms with Crippen LogP contribution in [0.15, 0.2) is 0 Å². The number of hydrogen-bond acceptors (Lipinski definition) is 6. The maximum atomic E-state index is 12.4. The average molecular weight is 385 g/mol. The summed E-state index contributed by atoms with van der Waals surface area (Å²) in [5.41, 5.74) is 10.7. The van der Waals surface area contributed by atoms with E-state index in [1.807, 2.05) is 0 Å². The molecule has 1 aliphatic rings. The van der Waals surface area contributed by atoms with Crippen molar-refractivity contribution in [3.8, 4) is 0 Å². The number of primary amides is 1. The molecule has 0 aliphatic carbocycles. The summed E-state index contributed by atoms with van der Waals surface area (Å²) in [7, 11) is 0. The van der Waals surface area contributed by atoms with Gasteiger partial charge in [-0.3, -0.25) is 19.2 Å². The Morgan fingerprint density at radius 2 is 1.85 bits per heavy atom. The van der Waals surface area contributed by atoms with E-state index in [4.69, 9.17) is 16.6 Å². The highest BCUT2D eigenvalue weighted by Crippen LogP contribution is 2.17. The first-order valence-corrected chi connectivity index (χ1v) is 8.68. The van der Waals surface area contributed by atoms with Gasteiger partial charge in [0.1, 0.15) is 12.1 Å². The molecule has 0 spiro atoms. The van der Waals surface area contributed by atoms with Crippen molar-refractivity contribution in [1.29, 1.82) is 0 Å². The van der Waals surface area contributed by atoms with Gasteiger partial charge in [0.05, 0.1) is 19.0 Å². The third-order valence-corrected chi connectivity index (χ3v) is 4.33. The number of aliphatic carboxylic acids is 1. The molecule has 0 bridgehead atoms. The minimum Gasteiger partial charge on any atom is -0.480 e. The van der Waals surface area contributed by atoms with E-state index in [1.165, 1.54) is 4.90 Å². The smallest absolute Gasteiger partial charge is 0.326 e. The maximum absolute atomic E-state index is 12.4. The largest absolute Gasteiger partial charge is 0.480 e. The van der Waals surface area contributed by atoms with Crippen LogP contribution in [0, 0.1) is 5.92 Å². The monoisotopic (exact) mass is 385 g/mol. The predicted octanol–water partition coefficient (Wildman–Crippen LogP) is -2.48. The highest BCUT2D eigenvalue weighted by molar-refractivity contribution is 5.94. The van der Waals surface area contributed by atoms with Gasteiger partial charge in [-0.05, 0) is 18.8 Å². The quantitative estimate of drug-likeness (QED) is 0.291. The van der Waals surface area contributed by atoms with Gasteiger partial charge in [-0.1, -0.05) is 13.8 Å². The molecule has 1 heterocycles. The first kappa shape index (κ1) is 22.4. The fourth-order valence-electron chi connectivity index (χ4n) is 2.69. The van der Waals surface area contributed by atoms with E-state index in [0.29, 0.717) is 19.4 Å². The van der Waals surface area contributed by atoms with Gasteiger partial charge in [0.2, 0.25) is 23.6 Å². The van der Waals surface area contributed by atoms with Crippen molar-refractivity contribution in [1.82, 2.24) is 15.5 Å². The Morgan fingerprint density at radius 1 is 1.22 bits per heavy atom. The number of carboxylic acids is 1. The molecular formula is C16H27N5O6. The van der Waals surface area contributed by atoms with Crippen molar-refractivity contribution in [2.24, 2.45) is 17.4 Å². The molecule has 1 saturated heterocycles. The molecule has 1 rings (SSSR count). The zero-order valence-corrected chi connectivity index (χ0v) is 15.4. The van der Waals surface area contributed by atoms with Gasteiger partial charge in [-0.25, -0.2) is 4.79 Å². The lowest BCUT2D eigenvalue weighted by atomic mass is 10.1. The molecule has 27 heavy (non-hydrogen) atoms. The second kappa shape index (κ2) is 9.86. The van der Waals surface area contributed by atoms with Gasteiger partial charge in [0.25, 0.3) is 0 Å². The molecule has 0 radical (unpaired) electrons. The molecule has 7 N–H and O–H groups in total. The average Bonchev–Trinajstić information content (AvgIpc) is 3.07. The van der Waals surface area contributed by atoms with E-state index >= 15 is 0 Å². The molecule has 11 nitrogen and oxygen atoms in total. The van der Waals surface area contributed by atoms with Crippen LogP contribution in [0.1, 0.15) is 33.1 Å². The molecule has 0 aromatic heterocycles. The normalized spacial score (nSPS) is 18.7. The number of nitrogens with two attached hydrogens (primary N) is 2. The number of carbonyl (C=O) groups is 5. The van der Waals surface area contributed by atoms with E-state index in [2.05, 4.69) is 10.6 Å². The van der Waals surface area contributed by atoms with Crippen LogP contribution in [0.3, 0.4) is 0 Å². The third kappa shape index (κ3) is 6.51. The standard InChI is InChI=1S/C16H27N5O6/c1-8(2)13(18)15(25)19-7-12(23)21-5-3-4-10(21)14(24)20-9(16(26)27)6-11(17)22/h8-10,13H,3-7,18H2,1-2H3,(H2,17,22)(H,19,25)(H,20,24)(H,26,27). The van der Waals surface area contributed by atoms with Crippen LogP contribution < -0.4 is 22.1 Å². The van der Waals surface area contributed by atoms with Crippen molar-refractivity contribution in [3.05, 3.63) is 0 Å². The highest BCUT2D eigenvalue weighted by Gasteiger charge is 2.36. The number of hydrogen-bond donors (Lipinski definition) is 5. The first-order chi connectivity index (χ1) is 12.5. The van der Waals surface area contributed by atoms with E-state index in [1.54, 1.807) is 13.8 Å². The highest BCUT2D eigenvalue weighted by atomic mass is 16.4. The van der Waals surface area contributed by atoms with Gasteiger partial charge >= 0.3 is 5.97 Å². The number of rotatable bonds is 9. The van der Waals surface area contributed by atoms with Crippen molar-refractivity contribution < 1.29 is 29.1 Å². The Labute approximate surface area is 156 Å². The zero-order valence-electron chi connectivity index (χ0n) is 15.4. The molecule has 3 unspecified atom stereocenters. The van der Waals surface area contributed by atoms with E-state index in [0.717, 1.165) is 0 Å². The molecule has 0 aromatic rings. The van der Waals surface area contributed by atoms with E-state index in [9.17, 15) is 24.0 Å². The van der Waals surface area contributed by atoms with Gasteiger partial charge in [-0.15, -0.1) is 0 Å². The molecule has 0 saturated carbocycles. The summed E-state index contributed by atoms with van der Waals surface area (Å²) in [6, 6.07) is -3.08. The summed E-state index contributed by atoms with van der Waals surface area (Å²) in [6.07, 6.45) is 0.349. The van der Waals surface area contributed by atoms with Crippen LogP contribution in [0.5, 0.6) is 0 Å². The van der Waals surface area contributed by atoms with Crippen LogP contribution in [-0.4, -0.2) is 70.8 Å². The molecular weight excluding hydrogens is 358 g/mol. The summed E-state index contributed by atoms with van der Waals surface area (Å²) in [5.74, 6) is -3.98. The Kier molecular flexibility index (Phi) is 8.16. The first-order valence-electron chi connectivity index (χ1n) is 8.68. The van der Waals surface area contributed by atoms with Crippen LogP contribution in [0.2, 0.25) is 0 Å². The Morgan fingerprint density at radius 3 is 2.37 bits per heavy atom. The van der Waals surface area contributed by atoms with Crippen molar-refractivity contribution in [2.75, 3.05) is 13.1 Å². The van der Waals surface area contributed by atoms with Gasteiger partial charge in [-0.2, -0.15) is 0 Å². The van der Waals surface area contributed by atoms with Crippen LogP contribution >= 0.6 is 0 Å². The molecule has 11 heteroatoms. The molecule has 0 aromatic carbocycles. The number of nitrogens with one attached hydrogen (secondary N) is 2. The molecule has 152 valence electrons. The summed E-state index contributed by atoms with van der Waals surface area (Å²) in [5, 5.41) is 13.7. The second-order valence-corrected chi connectivity index (χ2v) is 6.80. The second-order valence-electron chi connectivity index (χ2n) is 6.80. The minimum atomic E-state index is -1.46. The minimum absolute atomic E-state index is 0.0939. The molecule has 4 amide bonds. The van der Waals surface area contributed by atoms with Crippen LogP contribution in [-0.2, 0) is 24.0 Å². The SMILES string of the molecule is CC(C)C(N)C(=O)NCC(=O)N1CCCC1C(=O)NC(CC(N)=O)C(=O)O. The summed E-state index contributed by atoms with van der Waals surface area (Å²) in [6.45, 7) is 3.54. The lowest BCUT2D eigenvalue weighted by Gasteiger charge is -2.26. The van der Waals surface area contributed by atoms with Crippen molar-refractivity contribution >= 4 is 29.6 Å². The summed E-state index contributed by atoms with van der Waals surface area (Å²) < 4.78 is 0. The Balaban J connectivity index is 2.67. The topological polar surface area (TPSA) is 185 Å². The van der Waals surface area contributed by atoms with E-state index in [-0.39, 0.29) is 12.5 Å². The fourth-order valence-corrected chi connectivity index (χ4v) is 2.69. The molecule has 1 fully saturated rings. The number of nitrogens with zero attached hydrogens (tertiary/aromatic N) is 1. The van der Waals surface area contributed by atoms with Crippen molar-refractivity contribution in [2.45, 2.75) is 51.2 Å². The van der Waals surface area contributed by atoms with Crippen LogP contribution in [0.25, 0.3) is 0 Å². The maximum Gasteiger partial charge on any atom is 0.326 e. The molecule has 3 atom stereocenters. The Bertz CT molecular complexity index is 608. The lowest BCUT2D eigenvalue weighted by molar-refractivity contribution is -0.145. The predicted molar refractivity (Wildman–Crippen MR) is 93.9 cm³/mol. The number of likely N-dealkylation sites (tertiary alicyclic amines) is 1. The zero-order chi connectivity index (χ0) is 20.7. The number of amides is 4. The number of carbonyl (C=O) groups excluding carboxylic acids is 4. The molecule has 1 aliphatic heterocycles. The fraction of sp³-hybridized carbons (Fsp3) is 0.688. The Hall–Kier alpha value is -2.69. The van der Waals surface area contributed by atoms with Crippen LogP contribution in [0.4, 0.5) is 0 Å². The van der Waals surface area contributed by atoms with Gasteiger partial charge < -0.3 is 32.1 Å². The van der Waals surface area contributed by atoms with Crippen molar-refractivity contribution in [3.63, 3.8) is 0 Å². The summed E-state index contributed by atoms with van der Waals surface area (Å²) >= 11 is 0. The van der Waals surface area contributed by atoms with Gasteiger partial charge in [0, 0.05) is 6.54 Å². The number of carboxylic acid groups (broad SMARTS) is 1. The third-order valence-electron chi connectivity index (χ3n) is 4.33.